The molecule has 0 radical (unpaired) electrons. The lowest BCUT2D eigenvalue weighted by atomic mass is 10.3. The van der Waals surface area contributed by atoms with Gasteiger partial charge in [-0.05, 0) is 6.07 Å². The van der Waals surface area contributed by atoms with Crippen molar-refractivity contribution >= 4 is 11.7 Å². The Morgan fingerprint density at radius 2 is 2.18 bits per heavy atom. The van der Waals surface area contributed by atoms with E-state index >= 15 is 0 Å². The highest BCUT2D eigenvalue weighted by Crippen LogP contribution is 2.31. The molecule has 7 nitrogen and oxygen atoms in total. The highest BCUT2D eigenvalue weighted by atomic mass is 16.6. The van der Waals surface area contributed by atoms with E-state index in [1.807, 2.05) is 0 Å². The van der Waals surface area contributed by atoms with Gasteiger partial charge < -0.3 is 14.6 Å². The molecule has 0 aromatic heterocycles. The van der Waals surface area contributed by atoms with E-state index in [4.69, 9.17) is 14.6 Å². The van der Waals surface area contributed by atoms with Gasteiger partial charge in [0.2, 0.25) is 0 Å². The SMILES string of the molecule is COc1ccc([N+](=O)[O-])cc1OCCC(=O)O. The van der Waals surface area contributed by atoms with Crippen LogP contribution in [0.25, 0.3) is 0 Å². The number of carboxylic acids is 1. The summed E-state index contributed by atoms with van der Waals surface area (Å²) in [6.07, 6.45) is -0.189. The smallest absolute Gasteiger partial charge is 0.306 e. The summed E-state index contributed by atoms with van der Waals surface area (Å²) in [5.41, 5.74) is -0.142. The van der Waals surface area contributed by atoms with Gasteiger partial charge in [-0.1, -0.05) is 0 Å². The third-order valence-electron chi connectivity index (χ3n) is 1.93. The van der Waals surface area contributed by atoms with Crippen LogP contribution in [0, 0.1) is 10.1 Å². The highest BCUT2D eigenvalue weighted by Gasteiger charge is 2.12. The minimum absolute atomic E-state index is 0.0765. The minimum atomic E-state index is -1.01. The molecule has 0 amide bonds. The number of aliphatic carboxylic acids is 1. The van der Waals surface area contributed by atoms with Gasteiger partial charge in [-0.25, -0.2) is 0 Å². The molecule has 0 saturated heterocycles. The Kier molecular flexibility index (Phi) is 4.27. The van der Waals surface area contributed by atoms with Gasteiger partial charge in [0.15, 0.2) is 11.5 Å². The molecule has 0 aliphatic heterocycles. The van der Waals surface area contributed by atoms with E-state index < -0.39 is 10.9 Å². The predicted molar refractivity (Wildman–Crippen MR) is 57.4 cm³/mol. The number of carboxylic acid groups (broad SMARTS) is 1. The predicted octanol–water partition coefficient (Wildman–Crippen LogP) is 1.46. The molecule has 92 valence electrons. The summed E-state index contributed by atoms with van der Waals surface area (Å²) in [7, 11) is 1.39. The van der Waals surface area contributed by atoms with Gasteiger partial charge >= 0.3 is 5.97 Å². The van der Waals surface area contributed by atoms with Gasteiger partial charge in [-0.2, -0.15) is 0 Å². The Morgan fingerprint density at radius 3 is 2.71 bits per heavy atom. The second-order valence-corrected chi connectivity index (χ2v) is 3.08. The minimum Gasteiger partial charge on any atom is -0.493 e. The quantitative estimate of drug-likeness (QED) is 0.597. The fourth-order valence-corrected chi connectivity index (χ4v) is 1.14. The van der Waals surface area contributed by atoms with Gasteiger partial charge in [0.1, 0.15) is 0 Å². The molecule has 1 aromatic rings. The van der Waals surface area contributed by atoms with E-state index in [0.717, 1.165) is 0 Å². The van der Waals surface area contributed by atoms with Crippen LogP contribution in [0.15, 0.2) is 18.2 Å². The summed E-state index contributed by atoms with van der Waals surface area (Å²) in [4.78, 5) is 20.3. The van der Waals surface area contributed by atoms with Crippen LogP contribution in [0.2, 0.25) is 0 Å². The number of hydrogen-bond acceptors (Lipinski definition) is 5. The average Bonchev–Trinajstić information content (AvgIpc) is 2.28. The van der Waals surface area contributed by atoms with Crippen LogP contribution in [0.1, 0.15) is 6.42 Å². The zero-order valence-electron chi connectivity index (χ0n) is 9.08. The fraction of sp³-hybridized carbons (Fsp3) is 0.300. The van der Waals surface area contributed by atoms with Crippen molar-refractivity contribution < 1.29 is 24.3 Å². The fourth-order valence-electron chi connectivity index (χ4n) is 1.14. The molecule has 0 aliphatic carbocycles. The van der Waals surface area contributed by atoms with Crippen molar-refractivity contribution in [3.8, 4) is 11.5 Å². The first-order chi connectivity index (χ1) is 8.04. The summed E-state index contributed by atoms with van der Waals surface area (Å²) < 4.78 is 10.1. The molecule has 0 unspecified atom stereocenters. The van der Waals surface area contributed by atoms with Crippen molar-refractivity contribution in [2.75, 3.05) is 13.7 Å². The highest BCUT2D eigenvalue weighted by molar-refractivity contribution is 5.66. The molecule has 0 bridgehead atoms. The summed E-state index contributed by atoms with van der Waals surface area (Å²) in [6.45, 7) is -0.0765. The van der Waals surface area contributed by atoms with E-state index in [9.17, 15) is 14.9 Å². The first-order valence-corrected chi connectivity index (χ1v) is 4.71. The van der Waals surface area contributed by atoms with Gasteiger partial charge in [0.05, 0.1) is 31.1 Å². The molecule has 0 atom stereocenters. The Labute approximate surface area is 96.7 Å². The average molecular weight is 241 g/mol. The number of benzene rings is 1. The number of nitro benzene ring substituents is 1. The lowest BCUT2D eigenvalue weighted by molar-refractivity contribution is -0.385. The Bertz CT molecular complexity index is 431. The third kappa shape index (κ3) is 3.63. The Hall–Kier alpha value is -2.31. The lowest BCUT2D eigenvalue weighted by Crippen LogP contribution is -2.05. The van der Waals surface area contributed by atoms with Crippen molar-refractivity contribution in [3.63, 3.8) is 0 Å². The molecular weight excluding hydrogens is 230 g/mol. The van der Waals surface area contributed by atoms with E-state index in [1.54, 1.807) is 0 Å². The summed E-state index contributed by atoms with van der Waals surface area (Å²) in [6, 6.07) is 3.87. The maximum atomic E-state index is 10.5. The molecular formula is C10H11NO6. The van der Waals surface area contributed by atoms with Crippen molar-refractivity contribution in [3.05, 3.63) is 28.3 Å². The maximum Gasteiger partial charge on any atom is 0.306 e. The van der Waals surface area contributed by atoms with Crippen molar-refractivity contribution in [2.24, 2.45) is 0 Å². The van der Waals surface area contributed by atoms with Crippen molar-refractivity contribution in [2.45, 2.75) is 6.42 Å². The van der Waals surface area contributed by atoms with E-state index in [0.29, 0.717) is 5.75 Å². The standard InChI is InChI=1S/C10H11NO6/c1-16-8-3-2-7(11(14)15)6-9(8)17-5-4-10(12)13/h2-3,6H,4-5H2,1H3,(H,12,13). The monoisotopic (exact) mass is 241 g/mol. The summed E-state index contributed by atoms with van der Waals surface area (Å²) in [5.74, 6) is -0.529. The van der Waals surface area contributed by atoms with Crippen LogP contribution in [0.4, 0.5) is 5.69 Å². The van der Waals surface area contributed by atoms with Crippen LogP contribution in [-0.2, 0) is 4.79 Å². The molecule has 1 aromatic carbocycles. The molecule has 1 rings (SSSR count). The second-order valence-electron chi connectivity index (χ2n) is 3.08. The number of non-ortho nitro benzene ring substituents is 1. The third-order valence-corrected chi connectivity index (χ3v) is 1.93. The van der Waals surface area contributed by atoms with Crippen LogP contribution in [0.3, 0.4) is 0 Å². The van der Waals surface area contributed by atoms with E-state index in [-0.39, 0.29) is 24.5 Å². The molecule has 1 N–H and O–H groups in total. The lowest BCUT2D eigenvalue weighted by Gasteiger charge is -2.09. The van der Waals surface area contributed by atoms with Gasteiger partial charge in [0.25, 0.3) is 5.69 Å². The number of nitro groups is 1. The zero-order chi connectivity index (χ0) is 12.8. The maximum absolute atomic E-state index is 10.5. The molecule has 7 heteroatoms. The number of nitrogens with zero attached hydrogens (tertiary/aromatic N) is 1. The number of hydrogen-bond donors (Lipinski definition) is 1. The topological polar surface area (TPSA) is 98.9 Å². The second kappa shape index (κ2) is 5.69. The molecule has 0 spiro atoms. The normalized spacial score (nSPS) is 9.71. The van der Waals surface area contributed by atoms with Crippen LogP contribution in [-0.4, -0.2) is 29.7 Å². The van der Waals surface area contributed by atoms with Gasteiger partial charge in [0, 0.05) is 6.07 Å². The zero-order valence-corrected chi connectivity index (χ0v) is 9.08. The van der Waals surface area contributed by atoms with Crippen LogP contribution >= 0.6 is 0 Å². The number of ether oxygens (including phenoxy) is 2. The van der Waals surface area contributed by atoms with E-state index in [2.05, 4.69) is 0 Å². The first kappa shape index (κ1) is 12.8. The summed E-state index contributed by atoms with van der Waals surface area (Å²) >= 11 is 0. The molecule has 0 saturated carbocycles. The summed E-state index contributed by atoms with van der Waals surface area (Å²) in [5, 5.41) is 19.0. The van der Waals surface area contributed by atoms with Gasteiger partial charge in [-0.3, -0.25) is 14.9 Å². The molecule has 0 fully saturated rings. The first-order valence-electron chi connectivity index (χ1n) is 4.71. The molecule has 0 heterocycles. The molecule has 17 heavy (non-hydrogen) atoms. The largest absolute Gasteiger partial charge is 0.493 e. The number of carbonyl (C=O) groups is 1. The van der Waals surface area contributed by atoms with E-state index in [1.165, 1.54) is 25.3 Å². The van der Waals surface area contributed by atoms with Crippen molar-refractivity contribution in [1.29, 1.82) is 0 Å². The van der Waals surface area contributed by atoms with Crippen LogP contribution < -0.4 is 9.47 Å². The Morgan fingerprint density at radius 1 is 1.47 bits per heavy atom. The Balaban J connectivity index is 2.82. The van der Waals surface area contributed by atoms with Gasteiger partial charge in [-0.15, -0.1) is 0 Å². The van der Waals surface area contributed by atoms with Crippen molar-refractivity contribution in [1.82, 2.24) is 0 Å². The van der Waals surface area contributed by atoms with Crippen LogP contribution in [0.5, 0.6) is 11.5 Å². The number of methoxy groups -OCH3 is 1. The molecule has 0 aliphatic rings. The number of rotatable bonds is 6.